The van der Waals surface area contributed by atoms with Crippen LogP contribution in [0.5, 0.6) is 0 Å². The van der Waals surface area contributed by atoms with Gasteiger partial charge in [-0.15, -0.1) is 0 Å². The molecule has 8 heteroatoms. The molecule has 0 aliphatic heterocycles. The molecule has 0 fully saturated rings. The first-order chi connectivity index (χ1) is 47.3. The molecule has 96 heavy (non-hydrogen) atoms. The molecule has 458 valence electrons. The second-order valence-corrected chi connectivity index (χ2v) is 27.4. The van der Waals surface area contributed by atoms with Gasteiger partial charge in [-0.1, -0.05) is 270 Å². The molecule has 4 heterocycles. The third-order valence-corrected chi connectivity index (χ3v) is 20.0. The molecule has 0 spiro atoms. The molecule has 0 saturated heterocycles. The van der Waals surface area contributed by atoms with Crippen LogP contribution in [-0.4, -0.2) is 18.3 Å². The van der Waals surface area contributed by atoms with Crippen molar-refractivity contribution in [1.82, 2.24) is 18.3 Å². The van der Waals surface area contributed by atoms with Crippen molar-refractivity contribution in [3.8, 4) is 45.0 Å². The van der Waals surface area contributed by atoms with Gasteiger partial charge in [-0.25, -0.2) is 0 Å². The average Bonchev–Trinajstić information content (AvgIpc) is 1.62. The molecule has 0 bridgehead atoms. The first-order valence-corrected chi connectivity index (χ1v) is 35.1. The minimum Gasteiger partial charge on any atom is -0.309 e. The summed E-state index contributed by atoms with van der Waals surface area (Å²) in [4.78, 5) is 0. The number of nitrogens with zero attached hydrogens (tertiary/aromatic N) is 4. The van der Waals surface area contributed by atoms with Crippen LogP contribution in [0.3, 0.4) is 0 Å². The maximum absolute atomic E-state index is 3.62. The minimum atomic E-state index is 1.10. The summed E-state index contributed by atoms with van der Waals surface area (Å²) in [6.07, 6.45) is 0. The number of benzene rings is 15. The van der Waals surface area contributed by atoms with Gasteiger partial charge in [-0.2, -0.15) is 0 Å². The summed E-state index contributed by atoms with van der Waals surface area (Å²) < 4.78 is 13.8. The minimum absolute atomic E-state index is 1.10. The number of para-hydroxylation sites is 5. The molecule has 19 rings (SSSR count). The lowest BCUT2D eigenvalue weighted by molar-refractivity contribution is 1.18. The van der Waals surface area contributed by atoms with Gasteiger partial charge in [0.25, 0.3) is 0 Å². The Morgan fingerprint density at radius 3 is 0.865 bits per heavy atom. The number of hydrogen-bond acceptors (Lipinski definition) is 0. The lowest BCUT2D eigenvalue weighted by Gasteiger charge is -2.10. The highest BCUT2D eigenvalue weighted by molar-refractivity contribution is 9.11. The van der Waals surface area contributed by atoms with Gasteiger partial charge in [0.2, 0.25) is 0 Å². The van der Waals surface area contributed by atoms with Crippen molar-refractivity contribution in [3.05, 3.63) is 370 Å². The summed E-state index contributed by atoms with van der Waals surface area (Å²) in [5, 5.41) is 12.7. The molecule has 0 unspecified atom stereocenters. The fourth-order valence-electron chi connectivity index (χ4n) is 13.7. The maximum Gasteiger partial charge on any atom is 0.0541 e. The van der Waals surface area contributed by atoms with E-state index < -0.39 is 0 Å². The molecule has 0 atom stereocenters. The Morgan fingerprint density at radius 2 is 0.438 bits per heavy atom. The smallest absolute Gasteiger partial charge is 0.0541 e. The first kappa shape index (κ1) is 60.6. The van der Waals surface area contributed by atoms with Gasteiger partial charge in [0.1, 0.15) is 0 Å². The van der Waals surface area contributed by atoms with Crippen molar-refractivity contribution in [3.63, 3.8) is 0 Å². The van der Waals surface area contributed by atoms with Gasteiger partial charge >= 0.3 is 0 Å². The third-order valence-electron chi connectivity index (χ3n) is 18.0. The van der Waals surface area contributed by atoms with Crippen LogP contribution in [0.4, 0.5) is 0 Å². The number of rotatable bonds is 6. The third kappa shape index (κ3) is 11.6. The quantitative estimate of drug-likeness (QED) is 0.158. The Kier molecular flexibility index (Phi) is 16.7. The van der Waals surface area contributed by atoms with Gasteiger partial charge in [0.15, 0.2) is 0 Å². The molecule has 0 aliphatic rings. The monoisotopic (exact) mass is 1490 g/mol. The van der Waals surface area contributed by atoms with Crippen LogP contribution in [-0.2, 0) is 0 Å². The zero-order valence-corrected chi connectivity index (χ0v) is 58.1. The molecule has 0 saturated carbocycles. The van der Waals surface area contributed by atoms with Crippen molar-refractivity contribution in [2.45, 2.75) is 0 Å². The van der Waals surface area contributed by atoms with Crippen LogP contribution in [0.1, 0.15) is 0 Å². The van der Waals surface area contributed by atoms with Gasteiger partial charge in [0.05, 0.1) is 44.1 Å². The van der Waals surface area contributed by atoms with Gasteiger partial charge in [-0.3, -0.25) is 0 Å². The number of hydrogen-bond donors (Lipinski definition) is 0. The Balaban J connectivity index is 0.000000101. The van der Waals surface area contributed by atoms with E-state index in [0.717, 1.165) is 17.9 Å². The van der Waals surface area contributed by atoms with Crippen molar-refractivity contribution >= 4 is 162 Å². The van der Waals surface area contributed by atoms with E-state index in [1.54, 1.807) is 0 Å². The van der Waals surface area contributed by atoms with Crippen LogP contribution < -0.4 is 0 Å². The molecule has 0 radical (unpaired) electrons. The molecule has 0 N–H and O–H groups in total. The summed E-state index contributed by atoms with van der Waals surface area (Å²) >= 11 is 14.4. The van der Waals surface area contributed by atoms with Crippen LogP contribution in [0, 0.1) is 0 Å². The predicted molar refractivity (Wildman–Crippen MR) is 422 cm³/mol. The molecule has 0 amide bonds. The molecule has 0 aliphatic carbocycles. The van der Waals surface area contributed by atoms with Crippen LogP contribution in [0.2, 0.25) is 0 Å². The second kappa shape index (κ2) is 26.5. The van der Waals surface area contributed by atoms with Gasteiger partial charge in [0, 0.05) is 83.7 Å². The summed E-state index contributed by atoms with van der Waals surface area (Å²) in [6.45, 7) is 0. The van der Waals surface area contributed by atoms with Crippen molar-refractivity contribution in [2.24, 2.45) is 0 Å². The Bertz CT molecular complexity index is 6070. The Morgan fingerprint density at radius 1 is 0.156 bits per heavy atom. The fourth-order valence-corrected chi connectivity index (χ4v) is 15.1. The zero-order valence-electron chi connectivity index (χ0n) is 51.8. The SMILES string of the molecule is Brc1ccc2c(c1)c1ccccc1n2-c1ccc(-c2ccccc2)cc1.Brc1ccc2c(c1)c1ccccc1n2-c1ccc2ccccc2c1.Brc1ccc2c(c1)c1ccccc1n2-c1cccc(-c2ccccc2)c1.Brc1ccc2c(c1)c1ccccc1n2-c1ccccc1. The van der Waals surface area contributed by atoms with Gasteiger partial charge in [-0.05, 0) is 179 Å². The average molecular weight is 1490 g/mol. The highest BCUT2D eigenvalue weighted by Crippen LogP contribution is 2.39. The summed E-state index contributed by atoms with van der Waals surface area (Å²) in [7, 11) is 0. The zero-order chi connectivity index (χ0) is 64.6. The molecular formula is C88H58Br4N4. The highest BCUT2D eigenvalue weighted by Gasteiger charge is 2.17. The van der Waals surface area contributed by atoms with Crippen LogP contribution in [0.15, 0.2) is 370 Å². The Hall–Kier alpha value is -10.3. The van der Waals surface area contributed by atoms with Crippen molar-refractivity contribution in [1.29, 1.82) is 0 Å². The summed E-state index contributed by atoms with van der Waals surface area (Å²) in [5.41, 5.74) is 19.5. The standard InChI is InChI=1S/2C24H16BrN.C22H14BrN.C18H12BrN/c25-19-13-14-24-22(16-19)21-11-4-5-12-23(21)26(24)20-10-6-9-18(15-20)17-7-2-1-3-8-17;25-19-12-15-24-22(16-19)21-8-4-5-9-23(21)26(24)20-13-10-18(11-14-20)17-6-2-1-3-7-17;23-17-10-12-22-20(14-17)19-7-3-4-8-21(19)24(22)18-11-9-15-5-1-2-6-16(15)13-18;19-13-10-11-18-16(12-13)15-8-4-5-9-17(15)20(18)14-6-2-1-3-7-14/h2*1-16H;1-14H;1-12H. The maximum atomic E-state index is 3.62. The Labute approximate surface area is 589 Å². The molecule has 4 nitrogen and oxygen atoms in total. The molecule has 15 aromatic carbocycles. The molecule has 19 aromatic rings. The fraction of sp³-hybridized carbons (Fsp3) is 0. The molecule has 4 aromatic heterocycles. The predicted octanol–water partition coefficient (Wildman–Crippen LogP) is 26.7. The molecular weight excluding hydrogens is 1430 g/mol. The highest BCUT2D eigenvalue weighted by atomic mass is 79.9. The lowest BCUT2D eigenvalue weighted by Crippen LogP contribution is -1.94. The van der Waals surface area contributed by atoms with E-state index >= 15 is 0 Å². The summed E-state index contributed by atoms with van der Waals surface area (Å²) in [5.74, 6) is 0. The largest absolute Gasteiger partial charge is 0.309 e. The van der Waals surface area contributed by atoms with E-state index in [1.165, 1.54) is 143 Å². The topological polar surface area (TPSA) is 19.7 Å². The van der Waals surface area contributed by atoms with Crippen molar-refractivity contribution in [2.75, 3.05) is 0 Å². The van der Waals surface area contributed by atoms with Crippen molar-refractivity contribution < 1.29 is 0 Å². The number of halogens is 4. The van der Waals surface area contributed by atoms with E-state index in [0.29, 0.717) is 0 Å². The normalized spacial score (nSPS) is 11.3. The van der Waals surface area contributed by atoms with E-state index in [2.05, 4.69) is 422 Å². The van der Waals surface area contributed by atoms with Crippen LogP contribution in [0.25, 0.3) is 143 Å². The lowest BCUT2D eigenvalue weighted by atomic mass is 10.1. The summed E-state index contributed by atoms with van der Waals surface area (Å²) in [6, 6.07) is 125. The van der Waals surface area contributed by atoms with E-state index in [-0.39, 0.29) is 0 Å². The van der Waals surface area contributed by atoms with Gasteiger partial charge < -0.3 is 18.3 Å². The van der Waals surface area contributed by atoms with E-state index in [9.17, 15) is 0 Å². The second-order valence-electron chi connectivity index (χ2n) is 23.8. The van der Waals surface area contributed by atoms with E-state index in [4.69, 9.17) is 0 Å². The first-order valence-electron chi connectivity index (χ1n) is 31.9. The van der Waals surface area contributed by atoms with E-state index in [1.807, 2.05) is 12.1 Å². The number of fused-ring (bicyclic) bond motifs is 13. The van der Waals surface area contributed by atoms with Crippen LogP contribution >= 0.6 is 63.7 Å². The number of aromatic nitrogens is 4.